The van der Waals surface area contributed by atoms with Gasteiger partial charge in [-0.05, 0) is 25.1 Å². The van der Waals surface area contributed by atoms with Crippen LogP contribution in [0.1, 0.15) is 19.8 Å². The highest BCUT2D eigenvalue weighted by Crippen LogP contribution is 2.34. The summed E-state index contributed by atoms with van der Waals surface area (Å²) >= 11 is 12.0. The van der Waals surface area contributed by atoms with Crippen molar-refractivity contribution in [3.8, 4) is 5.75 Å². The van der Waals surface area contributed by atoms with Gasteiger partial charge in [0.25, 0.3) is 0 Å². The molecule has 106 valence electrons. The van der Waals surface area contributed by atoms with Crippen LogP contribution in [0, 0.1) is 0 Å². The minimum Gasteiger partial charge on any atom is -0.486 e. The predicted octanol–water partition coefficient (Wildman–Crippen LogP) is 3.53. The summed E-state index contributed by atoms with van der Waals surface area (Å²) < 4.78 is 11.4. The Kier molecular flexibility index (Phi) is 5.34. The van der Waals surface area contributed by atoms with Gasteiger partial charge < -0.3 is 14.8 Å². The van der Waals surface area contributed by atoms with E-state index in [4.69, 9.17) is 32.7 Å². The van der Waals surface area contributed by atoms with E-state index in [0.29, 0.717) is 21.8 Å². The molecule has 3 unspecified atom stereocenters. The largest absolute Gasteiger partial charge is 0.486 e. The molecule has 0 aromatic heterocycles. The maximum absolute atomic E-state index is 6.09. The number of hydrogen-bond acceptors (Lipinski definition) is 3. The summed E-state index contributed by atoms with van der Waals surface area (Å²) in [5.41, 5.74) is 0. The second-order valence-corrected chi connectivity index (χ2v) is 5.57. The zero-order valence-corrected chi connectivity index (χ0v) is 12.7. The van der Waals surface area contributed by atoms with Gasteiger partial charge in [-0.15, -0.1) is 0 Å². The fourth-order valence-corrected chi connectivity index (χ4v) is 2.60. The normalized spacial score (nSPS) is 26.0. The highest BCUT2D eigenvalue weighted by Gasteiger charge is 2.43. The van der Waals surface area contributed by atoms with E-state index in [-0.39, 0.29) is 12.2 Å². The molecule has 0 spiro atoms. The molecule has 0 aliphatic heterocycles. The Balaban J connectivity index is 1.95. The number of nitrogens with one attached hydrogen (secondary N) is 1. The number of ether oxygens (including phenoxy) is 2. The van der Waals surface area contributed by atoms with Gasteiger partial charge in [-0.1, -0.05) is 30.1 Å². The summed E-state index contributed by atoms with van der Waals surface area (Å²) in [6.45, 7) is 3.14. The van der Waals surface area contributed by atoms with Crippen LogP contribution in [0.5, 0.6) is 5.75 Å². The minimum atomic E-state index is 0.0234. The Morgan fingerprint density at radius 2 is 2.16 bits per heavy atom. The van der Waals surface area contributed by atoms with E-state index < -0.39 is 0 Å². The van der Waals surface area contributed by atoms with Crippen LogP contribution in [0.4, 0.5) is 0 Å². The summed E-state index contributed by atoms with van der Waals surface area (Å²) in [5.74, 6) is 0.621. The molecule has 0 saturated heterocycles. The first-order valence-electron chi connectivity index (χ1n) is 6.53. The van der Waals surface area contributed by atoms with E-state index in [1.807, 2.05) is 0 Å². The molecular weight excluding hydrogens is 285 g/mol. The van der Waals surface area contributed by atoms with Crippen molar-refractivity contribution in [2.24, 2.45) is 0 Å². The van der Waals surface area contributed by atoms with E-state index in [9.17, 15) is 0 Å². The van der Waals surface area contributed by atoms with E-state index in [0.717, 1.165) is 19.4 Å². The second kappa shape index (κ2) is 6.80. The van der Waals surface area contributed by atoms with Crippen LogP contribution in [0.3, 0.4) is 0 Å². The van der Waals surface area contributed by atoms with Crippen molar-refractivity contribution >= 4 is 23.2 Å². The van der Waals surface area contributed by atoms with Crippen molar-refractivity contribution in [3.05, 3.63) is 28.2 Å². The molecule has 1 aromatic rings. The lowest BCUT2D eigenvalue weighted by Crippen LogP contribution is -2.61. The molecule has 0 heterocycles. The van der Waals surface area contributed by atoms with E-state index in [2.05, 4.69) is 12.2 Å². The van der Waals surface area contributed by atoms with Gasteiger partial charge in [-0.2, -0.15) is 0 Å². The van der Waals surface area contributed by atoms with Crippen molar-refractivity contribution < 1.29 is 9.47 Å². The lowest BCUT2D eigenvalue weighted by Gasteiger charge is -2.43. The smallest absolute Gasteiger partial charge is 0.139 e. The molecule has 0 amide bonds. The predicted molar refractivity (Wildman–Crippen MR) is 78.4 cm³/mol. The zero-order chi connectivity index (χ0) is 13.8. The number of rotatable bonds is 6. The Morgan fingerprint density at radius 3 is 2.84 bits per heavy atom. The standard InChI is InChI=1S/C14H19Cl2NO2/c1-3-6-17-11-8-13(14(11)18-2)19-12-7-9(15)4-5-10(12)16/h4-5,7,11,13-14,17H,3,6,8H2,1-2H3. The molecule has 3 atom stereocenters. The molecule has 19 heavy (non-hydrogen) atoms. The molecule has 1 N–H and O–H groups in total. The molecule has 5 heteroatoms. The van der Waals surface area contributed by atoms with Crippen LogP contribution in [0.25, 0.3) is 0 Å². The van der Waals surface area contributed by atoms with Gasteiger partial charge in [0.15, 0.2) is 0 Å². The third-order valence-corrected chi connectivity index (χ3v) is 3.90. The number of halogens is 2. The van der Waals surface area contributed by atoms with Crippen molar-refractivity contribution in [3.63, 3.8) is 0 Å². The molecule has 1 aliphatic rings. The first-order chi connectivity index (χ1) is 9.15. The maximum Gasteiger partial charge on any atom is 0.139 e. The SMILES string of the molecule is CCCNC1CC(Oc2cc(Cl)ccc2Cl)C1OC. The first kappa shape index (κ1) is 14.9. The van der Waals surface area contributed by atoms with Crippen LogP contribution < -0.4 is 10.1 Å². The van der Waals surface area contributed by atoms with Crippen LogP contribution in [-0.2, 0) is 4.74 Å². The molecule has 0 bridgehead atoms. The second-order valence-electron chi connectivity index (χ2n) is 4.73. The van der Waals surface area contributed by atoms with Crippen LogP contribution in [-0.4, -0.2) is 31.9 Å². The fourth-order valence-electron chi connectivity index (χ4n) is 2.27. The summed E-state index contributed by atoms with van der Waals surface area (Å²) in [5, 5.41) is 4.64. The van der Waals surface area contributed by atoms with Crippen LogP contribution >= 0.6 is 23.2 Å². The average Bonchev–Trinajstić information content (AvgIpc) is 2.37. The van der Waals surface area contributed by atoms with Gasteiger partial charge >= 0.3 is 0 Å². The highest BCUT2D eigenvalue weighted by atomic mass is 35.5. The van der Waals surface area contributed by atoms with Crippen LogP contribution in [0.2, 0.25) is 10.0 Å². The fraction of sp³-hybridized carbons (Fsp3) is 0.571. The van der Waals surface area contributed by atoms with Crippen molar-refractivity contribution in [2.45, 2.75) is 38.0 Å². The summed E-state index contributed by atoms with van der Waals surface area (Å²) in [6.07, 6.45) is 2.11. The summed E-state index contributed by atoms with van der Waals surface area (Å²) in [4.78, 5) is 0. The lowest BCUT2D eigenvalue weighted by molar-refractivity contribution is -0.0886. The highest BCUT2D eigenvalue weighted by molar-refractivity contribution is 6.34. The quantitative estimate of drug-likeness (QED) is 0.872. The first-order valence-corrected chi connectivity index (χ1v) is 7.29. The van der Waals surface area contributed by atoms with Crippen LogP contribution in [0.15, 0.2) is 18.2 Å². The van der Waals surface area contributed by atoms with E-state index in [1.165, 1.54) is 0 Å². The van der Waals surface area contributed by atoms with E-state index >= 15 is 0 Å². The lowest BCUT2D eigenvalue weighted by atomic mass is 9.85. The zero-order valence-electron chi connectivity index (χ0n) is 11.2. The summed E-state index contributed by atoms with van der Waals surface area (Å²) in [7, 11) is 1.71. The Labute approximate surface area is 124 Å². The number of methoxy groups -OCH3 is 1. The monoisotopic (exact) mass is 303 g/mol. The van der Waals surface area contributed by atoms with Gasteiger partial charge in [-0.3, -0.25) is 0 Å². The minimum absolute atomic E-state index is 0.0234. The molecule has 3 nitrogen and oxygen atoms in total. The summed E-state index contributed by atoms with van der Waals surface area (Å²) in [6, 6.07) is 5.58. The van der Waals surface area contributed by atoms with Gasteiger partial charge in [0.1, 0.15) is 18.0 Å². The molecule has 1 saturated carbocycles. The van der Waals surface area contributed by atoms with Gasteiger partial charge in [0.05, 0.1) is 5.02 Å². The third kappa shape index (κ3) is 3.54. The molecule has 2 rings (SSSR count). The van der Waals surface area contributed by atoms with Gasteiger partial charge in [0.2, 0.25) is 0 Å². The van der Waals surface area contributed by atoms with Crippen molar-refractivity contribution in [1.29, 1.82) is 0 Å². The molecule has 1 aromatic carbocycles. The Hall–Kier alpha value is -0.480. The van der Waals surface area contributed by atoms with Crippen molar-refractivity contribution in [1.82, 2.24) is 5.32 Å². The third-order valence-electron chi connectivity index (χ3n) is 3.35. The van der Waals surface area contributed by atoms with E-state index in [1.54, 1.807) is 25.3 Å². The van der Waals surface area contributed by atoms with Crippen molar-refractivity contribution in [2.75, 3.05) is 13.7 Å². The number of benzene rings is 1. The molecule has 1 aliphatic carbocycles. The molecule has 0 radical (unpaired) electrons. The van der Waals surface area contributed by atoms with Gasteiger partial charge in [-0.25, -0.2) is 0 Å². The molecular formula is C14H19Cl2NO2. The van der Waals surface area contributed by atoms with Gasteiger partial charge in [0, 0.05) is 30.7 Å². The number of hydrogen-bond donors (Lipinski definition) is 1. The Bertz CT molecular complexity index is 428. The topological polar surface area (TPSA) is 30.5 Å². The Morgan fingerprint density at radius 1 is 1.37 bits per heavy atom. The maximum atomic E-state index is 6.09. The molecule has 1 fully saturated rings. The average molecular weight is 304 g/mol.